The normalized spacial score (nSPS) is 10.8. The Balaban J connectivity index is 2.19. The third-order valence-corrected chi connectivity index (χ3v) is 2.98. The summed E-state index contributed by atoms with van der Waals surface area (Å²) in [4.78, 5) is 4.10. The van der Waals surface area contributed by atoms with Crippen LogP contribution in [0.2, 0.25) is 5.02 Å². The number of anilines is 1. The molecule has 0 radical (unpaired) electrons. The number of nitrogen functional groups attached to an aromatic ring is 1. The Hall–Kier alpha value is -1.92. The van der Waals surface area contributed by atoms with Crippen molar-refractivity contribution in [2.45, 2.75) is 0 Å². The summed E-state index contributed by atoms with van der Waals surface area (Å²) in [5.41, 5.74) is 6.71. The number of nitrogens with zero attached hydrogens (tertiary/aromatic N) is 3. The molecule has 0 spiro atoms. The smallest absolute Gasteiger partial charge is 0.226 e. The fourth-order valence-electron chi connectivity index (χ4n) is 1.41. The molecule has 0 unspecified atom stereocenters. The van der Waals surface area contributed by atoms with Crippen molar-refractivity contribution in [3.05, 3.63) is 40.7 Å². The first-order chi connectivity index (χ1) is 9.10. The van der Waals surface area contributed by atoms with E-state index in [0.29, 0.717) is 16.0 Å². The quantitative estimate of drug-likeness (QED) is 0.829. The van der Waals surface area contributed by atoms with Crippen molar-refractivity contribution in [3.63, 3.8) is 0 Å². The second-order valence-electron chi connectivity index (χ2n) is 3.68. The minimum Gasteiger partial charge on any atom is -0.368 e. The summed E-state index contributed by atoms with van der Waals surface area (Å²) in [6.07, 6.45) is 3.63. The van der Waals surface area contributed by atoms with Crippen LogP contribution in [0.5, 0.6) is 0 Å². The van der Waals surface area contributed by atoms with Gasteiger partial charge in [0.15, 0.2) is 10.9 Å². The van der Waals surface area contributed by atoms with Gasteiger partial charge >= 0.3 is 0 Å². The standard InChI is InChI=1S/C12H12ClN5S/c1-15-12(19)18-11(14)16-10(17-18)7-4-8-2-5-9(13)6-3-8/h2-7H,1H3,(H,15,19)(H2,14,16,17)/b7-4+. The van der Waals surface area contributed by atoms with E-state index in [0.717, 1.165) is 5.56 Å². The summed E-state index contributed by atoms with van der Waals surface area (Å²) < 4.78 is 1.37. The molecule has 0 bridgehead atoms. The van der Waals surface area contributed by atoms with Crippen LogP contribution in [-0.4, -0.2) is 26.9 Å². The van der Waals surface area contributed by atoms with Crippen molar-refractivity contribution in [3.8, 4) is 0 Å². The Morgan fingerprint density at radius 1 is 1.37 bits per heavy atom. The number of hydrogen-bond donors (Lipinski definition) is 2. The Kier molecular flexibility index (Phi) is 4.13. The maximum absolute atomic E-state index is 5.81. The molecule has 0 fully saturated rings. The third kappa shape index (κ3) is 3.30. The van der Waals surface area contributed by atoms with Crippen LogP contribution in [0.1, 0.15) is 11.4 Å². The van der Waals surface area contributed by atoms with Gasteiger partial charge in [-0.3, -0.25) is 0 Å². The molecule has 0 atom stereocenters. The highest BCUT2D eigenvalue weighted by Crippen LogP contribution is 2.12. The first kappa shape index (κ1) is 13.5. The molecule has 3 N–H and O–H groups in total. The number of rotatable bonds is 2. The minimum atomic E-state index is 0.245. The molecule has 0 aliphatic heterocycles. The first-order valence-electron chi connectivity index (χ1n) is 5.48. The first-order valence-corrected chi connectivity index (χ1v) is 6.27. The SMILES string of the molecule is CNC(=S)n1nc(/C=C/c2ccc(Cl)cc2)nc1N. The highest BCUT2D eigenvalue weighted by Gasteiger charge is 2.07. The molecule has 19 heavy (non-hydrogen) atoms. The number of nitrogens with two attached hydrogens (primary N) is 1. The molecule has 0 saturated carbocycles. The Morgan fingerprint density at radius 2 is 2.05 bits per heavy atom. The summed E-state index contributed by atoms with van der Waals surface area (Å²) in [6.45, 7) is 0. The maximum atomic E-state index is 5.81. The summed E-state index contributed by atoms with van der Waals surface area (Å²) in [5, 5.41) is 8.06. The average Bonchev–Trinajstić information content (AvgIpc) is 2.78. The average molecular weight is 294 g/mol. The molecule has 7 heteroatoms. The summed E-state index contributed by atoms with van der Waals surface area (Å²) >= 11 is 10.9. The predicted octanol–water partition coefficient (Wildman–Crippen LogP) is 2.04. The van der Waals surface area contributed by atoms with Crippen LogP contribution in [-0.2, 0) is 0 Å². The van der Waals surface area contributed by atoms with Gasteiger partial charge in [0, 0.05) is 12.1 Å². The molecule has 1 heterocycles. The zero-order valence-electron chi connectivity index (χ0n) is 10.2. The van der Waals surface area contributed by atoms with Crippen molar-refractivity contribution in [1.29, 1.82) is 0 Å². The van der Waals surface area contributed by atoms with Crippen LogP contribution in [0.15, 0.2) is 24.3 Å². The fraction of sp³-hybridized carbons (Fsp3) is 0.0833. The molecule has 0 saturated heterocycles. The van der Waals surface area contributed by atoms with E-state index in [1.165, 1.54) is 4.68 Å². The van der Waals surface area contributed by atoms with Crippen LogP contribution >= 0.6 is 23.8 Å². The van der Waals surface area contributed by atoms with Crippen molar-refractivity contribution >= 4 is 47.0 Å². The monoisotopic (exact) mass is 293 g/mol. The van der Waals surface area contributed by atoms with E-state index in [2.05, 4.69) is 15.4 Å². The van der Waals surface area contributed by atoms with Crippen LogP contribution in [0.25, 0.3) is 12.2 Å². The lowest BCUT2D eigenvalue weighted by atomic mass is 10.2. The van der Waals surface area contributed by atoms with Gasteiger partial charge in [-0.25, -0.2) is 0 Å². The molecule has 2 aromatic rings. The van der Waals surface area contributed by atoms with Gasteiger partial charge in [0.1, 0.15) is 0 Å². The lowest BCUT2D eigenvalue weighted by molar-refractivity contribution is 0.908. The van der Waals surface area contributed by atoms with Crippen molar-refractivity contribution in [2.24, 2.45) is 0 Å². The predicted molar refractivity (Wildman–Crippen MR) is 81.9 cm³/mol. The Bertz CT molecular complexity index is 618. The van der Waals surface area contributed by atoms with Gasteiger partial charge < -0.3 is 11.1 Å². The van der Waals surface area contributed by atoms with E-state index < -0.39 is 0 Å². The van der Waals surface area contributed by atoms with Crippen LogP contribution < -0.4 is 11.1 Å². The number of halogens is 1. The number of hydrogen-bond acceptors (Lipinski definition) is 4. The fourth-order valence-corrected chi connectivity index (χ4v) is 1.67. The van der Waals surface area contributed by atoms with E-state index in [4.69, 9.17) is 29.6 Å². The molecule has 1 aromatic heterocycles. The zero-order chi connectivity index (χ0) is 13.8. The second-order valence-corrected chi connectivity index (χ2v) is 4.50. The van der Waals surface area contributed by atoms with Crippen molar-refractivity contribution in [2.75, 3.05) is 12.8 Å². The lowest BCUT2D eigenvalue weighted by Gasteiger charge is -2.01. The van der Waals surface area contributed by atoms with Gasteiger partial charge in [0.25, 0.3) is 0 Å². The highest BCUT2D eigenvalue weighted by atomic mass is 35.5. The van der Waals surface area contributed by atoms with E-state index >= 15 is 0 Å². The number of benzene rings is 1. The van der Waals surface area contributed by atoms with Gasteiger partial charge in [-0.15, -0.1) is 5.10 Å². The number of thiocarbonyl (C=S) groups is 1. The molecule has 1 aromatic carbocycles. The zero-order valence-corrected chi connectivity index (χ0v) is 11.7. The van der Waals surface area contributed by atoms with Crippen molar-refractivity contribution < 1.29 is 0 Å². The molecule has 0 aliphatic rings. The molecule has 0 aliphatic carbocycles. The third-order valence-electron chi connectivity index (χ3n) is 2.35. The molecule has 2 rings (SSSR count). The molecular weight excluding hydrogens is 282 g/mol. The number of aromatic nitrogens is 3. The molecule has 0 amide bonds. The minimum absolute atomic E-state index is 0.245. The van der Waals surface area contributed by atoms with Crippen LogP contribution in [0.3, 0.4) is 0 Å². The summed E-state index contributed by atoms with van der Waals surface area (Å²) in [7, 11) is 1.70. The van der Waals surface area contributed by atoms with Gasteiger partial charge in [-0.1, -0.05) is 29.8 Å². The van der Waals surface area contributed by atoms with Crippen molar-refractivity contribution in [1.82, 2.24) is 20.1 Å². The van der Waals surface area contributed by atoms with E-state index in [1.54, 1.807) is 13.1 Å². The van der Waals surface area contributed by atoms with E-state index in [-0.39, 0.29) is 5.95 Å². The molecule has 5 nitrogen and oxygen atoms in total. The lowest BCUT2D eigenvalue weighted by Crippen LogP contribution is -2.26. The van der Waals surface area contributed by atoms with Crippen LogP contribution in [0, 0.1) is 0 Å². The Labute approximate surface area is 121 Å². The maximum Gasteiger partial charge on any atom is 0.226 e. The van der Waals surface area contributed by atoms with Gasteiger partial charge in [0.05, 0.1) is 0 Å². The molecule has 98 valence electrons. The van der Waals surface area contributed by atoms with Crippen LogP contribution in [0.4, 0.5) is 5.95 Å². The van der Waals surface area contributed by atoms with Gasteiger partial charge in [-0.05, 0) is 36.0 Å². The highest BCUT2D eigenvalue weighted by molar-refractivity contribution is 7.80. The molecular formula is C12H12ClN5S. The summed E-state index contributed by atoms with van der Waals surface area (Å²) in [5.74, 6) is 0.736. The number of nitrogens with one attached hydrogen (secondary N) is 1. The second kappa shape index (κ2) is 5.81. The van der Waals surface area contributed by atoms with E-state index in [9.17, 15) is 0 Å². The summed E-state index contributed by atoms with van der Waals surface area (Å²) in [6, 6.07) is 7.43. The van der Waals surface area contributed by atoms with E-state index in [1.807, 2.05) is 30.3 Å². The van der Waals surface area contributed by atoms with Gasteiger partial charge in [0.2, 0.25) is 5.95 Å². The largest absolute Gasteiger partial charge is 0.368 e. The topological polar surface area (TPSA) is 68.8 Å². The van der Waals surface area contributed by atoms with Gasteiger partial charge in [-0.2, -0.15) is 9.67 Å². The Morgan fingerprint density at radius 3 is 2.68 bits per heavy atom.